The summed E-state index contributed by atoms with van der Waals surface area (Å²) in [6.45, 7) is 5.02. The van der Waals surface area contributed by atoms with Gasteiger partial charge in [-0.1, -0.05) is 24.6 Å². The zero-order valence-electron chi connectivity index (χ0n) is 10.7. The molecule has 1 aliphatic heterocycles. The molecule has 0 spiro atoms. The van der Waals surface area contributed by atoms with Crippen molar-refractivity contribution in [3.05, 3.63) is 34.3 Å². The molecule has 1 heterocycles. The number of carbonyl (C=O) groups is 1. The molecular formula is C14H18ClNO2. The van der Waals surface area contributed by atoms with Crippen molar-refractivity contribution in [1.82, 2.24) is 4.90 Å². The van der Waals surface area contributed by atoms with Crippen LogP contribution in [-0.4, -0.2) is 35.1 Å². The van der Waals surface area contributed by atoms with Gasteiger partial charge in [-0.15, -0.1) is 0 Å². The molecule has 0 bridgehead atoms. The maximum Gasteiger partial charge on any atom is 0.253 e. The number of nitrogens with zero attached hydrogens (tertiary/aromatic N) is 1. The van der Waals surface area contributed by atoms with Crippen molar-refractivity contribution >= 4 is 17.5 Å². The molecule has 1 amide bonds. The van der Waals surface area contributed by atoms with E-state index in [1.165, 1.54) is 0 Å². The molecule has 0 aromatic heterocycles. The second-order valence-electron chi connectivity index (χ2n) is 5.05. The topological polar surface area (TPSA) is 40.5 Å². The molecule has 18 heavy (non-hydrogen) atoms. The van der Waals surface area contributed by atoms with Crippen LogP contribution in [0.25, 0.3) is 0 Å². The number of halogens is 1. The van der Waals surface area contributed by atoms with Crippen LogP contribution in [0.15, 0.2) is 18.2 Å². The number of likely N-dealkylation sites (tertiary alicyclic amines) is 1. The largest absolute Gasteiger partial charge is 0.391 e. The quantitative estimate of drug-likeness (QED) is 0.849. The second-order valence-corrected chi connectivity index (χ2v) is 5.46. The fourth-order valence-corrected chi connectivity index (χ4v) is 2.32. The third-order valence-electron chi connectivity index (χ3n) is 3.62. The Kier molecular flexibility index (Phi) is 3.93. The molecule has 1 aliphatic rings. The van der Waals surface area contributed by atoms with Crippen LogP contribution in [0.4, 0.5) is 0 Å². The van der Waals surface area contributed by atoms with Crippen molar-refractivity contribution < 1.29 is 9.90 Å². The fourth-order valence-electron chi connectivity index (χ4n) is 2.14. The number of hydrogen-bond acceptors (Lipinski definition) is 2. The molecule has 1 aromatic rings. The van der Waals surface area contributed by atoms with Gasteiger partial charge in [0.2, 0.25) is 0 Å². The summed E-state index contributed by atoms with van der Waals surface area (Å²) in [7, 11) is 0. The number of aryl methyl sites for hydroxylation is 1. The molecule has 1 saturated heterocycles. The summed E-state index contributed by atoms with van der Waals surface area (Å²) in [4.78, 5) is 14.0. The van der Waals surface area contributed by atoms with E-state index in [0.29, 0.717) is 23.7 Å². The molecule has 0 aliphatic carbocycles. The molecular weight excluding hydrogens is 250 g/mol. The van der Waals surface area contributed by atoms with Gasteiger partial charge in [-0.3, -0.25) is 4.79 Å². The van der Waals surface area contributed by atoms with Crippen LogP contribution in [-0.2, 0) is 0 Å². The van der Waals surface area contributed by atoms with E-state index in [9.17, 15) is 9.90 Å². The SMILES string of the molecule is Cc1ccc(C(=O)N2CCC(C)C(O)C2)cc1Cl. The smallest absolute Gasteiger partial charge is 0.253 e. The van der Waals surface area contributed by atoms with Crippen molar-refractivity contribution in [2.24, 2.45) is 5.92 Å². The predicted molar refractivity (Wildman–Crippen MR) is 71.9 cm³/mol. The Balaban J connectivity index is 2.14. The van der Waals surface area contributed by atoms with Crippen molar-refractivity contribution in [2.45, 2.75) is 26.4 Å². The number of amides is 1. The minimum Gasteiger partial charge on any atom is -0.391 e. The number of aliphatic hydroxyl groups is 1. The molecule has 2 atom stereocenters. The highest BCUT2D eigenvalue weighted by Crippen LogP contribution is 2.21. The van der Waals surface area contributed by atoms with Gasteiger partial charge in [0.05, 0.1) is 6.10 Å². The van der Waals surface area contributed by atoms with Gasteiger partial charge in [-0.25, -0.2) is 0 Å². The van der Waals surface area contributed by atoms with Gasteiger partial charge >= 0.3 is 0 Å². The Morgan fingerprint density at radius 2 is 2.22 bits per heavy atom. The molecule has 2 unspecified atom stereocenters. The Morgan fingerprint density at radius 1 is 1.50 bits per heavy atom. The molecule has 0 radical (unpaired) electrons. The second kappa shape index (κ2) is 5.29. The fraction of sp³-hybridized carbons (Fsp3) is 0.500. The van der Waals surface area contributed by atoms with Crippen LogP contribution >= 0.6 is 11.6 Å². The summed E-state index contributed by atoms with van der Waals surface area (Å²) >= 11 is 6.03. The lowest BCUT2D eigenvalue weighted by atomic mass is 9.95. The first-order valence-electron chi connectivity index (χ1n) is 6.22. The summed E-state index contributed by atoms with van der Waals surface area (Å²) in [6, 6.07) is 5.33. The minimum atomic E-state index is -0.427. The van der Waals surface area contributed by atoms with Gasteiger partial charge in [-0.05, 0) is 37.0 Å². The van der Waals surface area contributed by atoms with E-state index < -0.39 is 6.10 Å². The Morgan fingerprint density at radius 3 is 2.83 bits per heavy atom. The molecule has 4 heteroatoms. The number of β-amino-alcohol motifs (C(OH)–C–C–N with tert-alkyl or cyclic N) is 1. The molecule has 1 N–H and O–H groups in total. The van der Waals surface area contributed by atoms with Gasteiger partial charge in [0.1, 0.15) is 0 Å². The van der Waals surface area contributed by atoms with Crippen molar-refractivity contribution in [1.29, 1.82) is 0 Å². The van der Waals surface area contributed by atoms with Gasteiger partial charge in [0.15, 0.2) is 0 Å². The van der Waals surface area contributed by atoms with E-state index in [-0.39, 0.29) is 11.8 Å². The first kappa shape index (κ1) is 13.4. The highest BCUT2D eigenvalue weighted by atomic mass is 35.5. The van der Waals surface area contributed by atoms with Crippen LogP contribution in [0.5, 0.6) is 0 Å². The average molecular weight is 268 g/mol. The Labute approximate surface area is 112 Å². The summed E-state index contributed by atoms with van der Waals surface area (Å²) < 4.78 is 0. The zero-order valence-corrected chi connectivity index (χ0v) is 11.4. The highest BCUT2D eigenvalue weighted by molar-refractivity contribution is 6.31. The summed E-state index contributed by atoms with van der Waals surface area (Å²) in [6.07, 6.45) is 0.413. The number of piperidine rings is 1. The monoisotopic (exact) mass is 267 g/mol. The van der Waals surface area contributed by atoms with Gasteiger partial charge in [0.25, 0.3) is 5.91 Å². The normalized spacial score (nSPS) is 24.1. The highest BCUT2D eigenvalue weighted by Gasteiger charge is 2.27. The number of benzene rings is 1. The van der Waals surface area contributed by atoms with E-state index in [1.54, 1.807) is 17.0 Å². The van der Waals surface area contributed by atoms with Crippen LogP contribution < -0.4 is 0 Å². The van der Waals surface area contributed by atoms with Crippen LogP contribution in [0.1, 0.15) is 29.3 Å². The standard InChI is InChI=1S/C14H18ClNO2/c1-9-3-4-11(7-12(9)15)14(18)16-6-5-10(2)13(17)8-16/h3-4,7,10,13,17H,5-6,8H2,1-2H3. The first-order valence-corrected chi connectivity index (χ1v) is 6.60. The maximum absolute atomic E-state index is 12.3. The van der Waals surface area contributed by atoms with Crippen LogP contribution in [0.2, 0.25) is 5.02 Å². The lowest BCUT2D eigenvalue weighted by Gasteiger charge is -2.34. The van der Waals surface area contributed by atoms with Gasteiger partial charge < -0.3 is 10.0 Å². The predicted octanol–water partition coefficient (Wildman–Crippen LogP) is 2.49. The molecule has 2 rings (SSSR count). The number of hydrogen-bond donors (Lipinski definition) is 1. The molecule has 0 saturated carbocycles. The summed E-state index contributed by atoms with van der Waals surface area (Å²) in [5, 5.41) is 10.4. The van der Waals surface area contributed by atoms with E-state index >= 15 is 0 Å². The molecule has 98 valence electrons. The lowest BCUT2D eigenvalue weighted by Crippen LogP contribution is -2.45. The Bertz CT molecular complexity index is 461. The zero-order chi connectivity index (χ0) is 13.3. The molecule has 1 aromatic carbocycles. The minimum absolute atomic E-state index is 0.0529. The average Bonchev–Trinajstić information content (AvgIpc) is 2.35. The van der Waals surface area contributed by atoms with E-state index in [2.05, 4.69) is 0 Å². The van der Waals surface area contributed by atoms with E-state index in [4.69, 9.17) is 11.6 Å². The molecule has 3 nitrogen and oxygen atoms in total. The van der Waals surface area contributed by atoms with Crippen LogP contribution in [0.3, 0.4) is 0 Å². The van der Waals surface area contributed by atoms with E-state index in [1.807, 2.05) is 19.9 Å². The maximum atomic E-state index is 12.3. The number of carbonyl (C=O) groups excluding carboxylic acids is 1. The lowest BCUT2D eigenvalue weighted by molar-refractivity contribution is 0.0248. The summed E-state index contributed by atoms with van der Waals surface area (Å²) in [5.74, 6) is 0.207. The van der Waals surface area contributed by atoms with Crippen LogP contribution in [0, 0.1) is 12.8 Å². The molecule has 1 fully saturated rings. The van der Waals surface area contributed by atoms with Gasteiger partial charge in [-0.2, -0.15) is 0 Å². The third kappa shape index (κ3) is 2.68. The van der Waals surface area contributed by atoms with Gasteiger partial charge in [0, 0.05) is 23.7 Å². The third-order valence-corrected chi connectivity index (χ3v) is 4.03. The number of aliphatic hydroxyl groups excluding tert-OH is 1. The van der Waals surface area contributed by atoms with Crippen molar-refractivity contribution in [3.63, 3.8) is 0 Å². The van der Waals surface area contributed by atoms with Crippen molar-refractivity contribution in [3.8, 4) is 0 Å². The number of rotatable bonds is 1. The Hall–Kier alpha value is -1.06. The van der Waals surface area contributed by atoms with Crippen molar-refractivity contribution in [2.75, 3.05) is 13.1 Å². The van der Waals surface area contributed by atoms with E-state index in [0.717, 1.165) is 12.0 Å². The first-order chi connectivity index (χ1) is 8.49. The summed E-state index contributed by atoms with van der Waals surface area (Å²) in [5.41, 5.74) is 1.55.